The molecule has 2 fully saturated rings. The Morgan fingerprint density at radius 1 is 1.06 bits per heavy atom. The molecule has 31 heavy (non-hydrogen) atoms. The van der Waals surface area contributed by atoms with Crippen LogP contribution in [0.3, 0.4) is 0 Å². The van der Waals surface area contributed by atoms with E-state index in [0.29, 0.717) is 22.8 Å². The fraction of sp³-hybridized carbons (Fsp3) is 0.440. The number of amides is 1. The molecule has 164 valence electrons. The van der Waals surface area contributed by atoms with Crippen LogP contribution >= 0.6 is 0 Å². The molecule has 0 bridgehead atoms. The van der Waals surface area contributed by atoms with Crippen molar-refractivity contribution in [3.05, 3.63) is 58.0 Å². The number of furan rings is 1. The van der Waals surface area contributed by atoms with Gasteiger partial charge in [0.05, 0.1) is 12.7 Å². The first-order valence-corrected chi connectivity index (χ1v) is 10.9. The summed E-state index contributed by atoms with van der Waals surface area (Å²) >= 11 is 0. The Bertz CT molecular complexity index is 1060. The molecule has 1 N–H and O–H groups in total. The molecular formula is C25H29NO5. The van der Waals surface area contributed by atoms with Gasteiger partial charge >= 0.3 is 0 Å². The summed E-state index contributed by atoms with van der Waals surface area (Å²) < 4.78 is 11.3. The van der Waals surface area contributed by atoms with Gasteiger partial charge in [0.15, 0.2) is 0 Å². The van der Waals surface area contributed by atoms with Gasteiger partial charge in [-0.2, -0.15) is 0 Å². The van der Waals surface area contributed by atoms with Crippen molar-refractivity contribution in [1.29, 1.82) is 0 Å². The molecular weight excluding hydrogens is 394 g/mol. The standard InChI is InChI=1S/C25H29NO5/c1-14-13-20(30-4)15(2)12-18(14)23(27)21-22(19-11-10-16(3)31-19)26(25(29)24(21)28)17-8-6-5-7-9-17/h10-13,17,22,27H,5-9H2,1-4H3/b23-21+. The highest BCUT2D eigenvalue weighted by atomic mass is 16.5. The Morgan fingerprint density at radius 2 is 1.77 bits per heavy atom. The highest BCUT2D eigenvalue weighted by Gasteiger charge is 2.50. The summed E-state index contributed by atoms with van der Waals surface area (Å²) in [5, 5.41) is 11.3. The van der Waals surface area contributed by atoms with Crippen LogP contribution in [0.4, 0.5) is 0 Å². The minimum atomic E-state index is -0.724. The van der Waals surface area contributed by atoms with Gasteiger partial charge in [-0.3, -0.25) is 9.59 Å². The second-order valence-corrected chi connectivity index (χ2v) is 8.58. The molecule has 2 aliphatic rings. The number of carbonyl (C=O) groups excluding carboxylic acids is 2. The highest BCUT2D eigenvalue weighted by molar-refractivity contribution is 6.46. The van der Waals surface area contributed by atoms with E-state index in [4.69, 9.17) is 9.15 Å². The van der Waals surface area contributed by atoms with Crippen LogP contribution in [0.15, 0.2) is 34.3 Å². The number of Topliss-reactive ketones (excluding diaryl/α,β-unsaturated/α-hetero) is 1. The molecule has 6 heteroatoms. The minimum absolute atomic E-state index is 0.0374. The van der Waals surface area contributed by atoms with Gasteiger partial charge in [0.25, 0.3) is 11.7 Å². The lowest BCUT2D eigenvalue weighted by atomic mass is 9.92. The van der Waals surface area contributed by atoms with E-state index in [-0.39, 0.29) is 17.4 Å². The second kappa shape index (κ2) is 8.25. The molecule has 1 aliphatic carbocycles. The summed E-state index contributed by atoms with van der Waals surface area (Å²) in [6.07, 6.45) is 4.88. The minimum Gasteiger partial charge on any atom is -0.507 e. The van der Waals surface area contributed by atoms with E-state index < -0.39 is 17.7 Å². The maximum atomic E-state index is 13.2. The van der Waals surface area contributed by atoms with Crippen LogP contribution in [0.2, 0.25) is 0 Å². The highest BCUT2D eigenvalue weighted by Crippen LogP contribution is 2.44. The van der Waals surface area contributed by atoms with Gasteiger partial charge in [0.1, 0.15) is 29.1 Å². The lowest BCUT2D eigenvalue weighted by molar-refractivity contribution is -0.142. The van der Waals surface area contributed by atoms with Crippen LogP contribution in [-0.2, 0) is 9.59 Å². The number of ether oxygens (including phenoxy) is 1. The van der Waals surface area contributed by atoms with Gasteiger partial charge in [0, 0.05) is 11.6 Å². The third-order valence-corrected chi connectivity index (χ3v) is 6.48. The Labute approximate surface area is 182 Å². The number of rotatable bonds is 4. The number of ketones is 1. The maximum absolute atomic E-state index is 13.2. The molecule has 1 saturated carbocycles. The summed E-state index contributed by atoms with van der Waals surface area (Å²) in [4.78, 5) is 28.0. The number of benzene rings is 1. The maximum Gasteiger partial charge on any atom is 0.296 e. The lowest BCUT2D eigenvalue weighted by Gasteiger charge is -2.34. The fourth-order valence-corrected chi connectivity index (χ4v) is 4.88. The summed E-state index contributed by atoms with van der Waals surface area (Å²) in [7, 11) is 1.59. The van der Waals surface area contributed by atoms with E-state index in [2.05, 4.69) is 0 Å². The Kier molecular flexibility index (Phi) is 5.65. The van der Waals surface area contributed by atoms with Gasteiger partial charge in [0.2, 0.25) is 0 Å². The van der Waals surface area contributed by atoms with Gasteiger partial charge in [-0.05, 0) is 69.0 Å². The molecule has 4 rings (SSSR count). The third-order valence-electron chi connectivity index (χ3n) is 6.48. The molecule has 1 saturated heterocycles. The molecule has 1 aromatic heterocycles. The van der Waals surface area contributed by atoms with Gasteiger partial charge < -0.3 is 19.2 Å². The molecule has 6 nitrogen and oxygen atoms in total. The molecule has 1 amide bonds. The second-order valence-electron chi connectivity index (χ2n) is 8.58. The van der Waals surface area contributed by atoms with E-state index in [1.54, 1.807) is 24.1 Å². The van der Waals surface area contributed by atoms with Crippen molar-refractivity contribution in [3.8, 4) is 5.75 Å². The Balaban J connectivity index is 1.89. The average Bonchev–Trinajstić information content (AvgIpc) is 3.30. The SMILES string of the molecule is COc1cc(C)c(/C(O)=C2\C(=O)C(=O)N(C3CCCCC3)C2c2ccc(C)o2)cc1C. The molecule has 0 spiro atoms. The van der Waals surface area contributed by atoms with Crippen LogP contribution in [0.5, 0.6) is 5.75 Å². The Hall–Kier alpha value is -3.02. The number of nitrogens with zero attached hydrogens (tertiary/aromatic N) is 1. The molecule has 1 aromatic carbocycles. The van der Waals surface area contributed by atoms with E-state index in [1.807, 2.05) is 32.9 Å². The summed E-state index contributed by atoms with van der Waals surface area (Å²) in [5.74, 6) is 0.520. The zero-order chi connectivity index (χ0) is 22.3. The quantitative estimate of drug-likeness (QED) is 0.427. The number of aryl methyl sites for hydroxylation is 3. The molecule has 0 radical (unpaired) electrons. The van der Waals surface area contributed by atoms with Crippen molar-refractivity contribution in [1.82, 2.24) is 4.90 Å². The smallest absolute Gasteiger partial charge is 0.296 e. The summed E-state index contributed by atoms with van der Waals surface area (Å²) in [6, 6.07) is 6.47. The molecule has 2 aromatic rings. The molecule has 1 aliphatic heterocycles. The van der Waals surface area contributed by atoms with Crippen molar-refractivity contribution in [2.24, 2.45) is 0 Å². The monoisotopic (exact) mass is 423 g/mol. The van der Waals surface area contributed by atoms with Crippen LogP contribution in [0, 0.1) is 20.8 Å². The first-order chi connectivity index (χ1) is 14.8. The topological polar surface area (TPSA) is 80.0 Å². The van der Waals surface area contributed by atoms with Crippen molar-refractivity contribution >= 4 is 17.4 Å². The number of likely N-dealkylation sites (tertiary alicyclic amines) is 1. The molecule has 1 unspecified atom stereocenters. The van der Waals surface area contributed by atoms with Crippen LogP contribution in [0.1, 0.15) is 66.4 Å². The van der Waals surface area contributed by atoms with Crippen LogP contribution < -0.4 is 4.74 Å². The largest absolute Gasteiger partial charge is 0.507 e. The predicted octanol–water partition coefficient (Wildman–Crippen LogP) is 4.97. The summed E-state index contributed by atoms with van der Waals surface area (Å²) in [6.45, 7) is 5.55. The first-order valence-electron chi connectivity index (χ1n) is 10.9. The Morgan fingerprint density at radius 3 is 2.39 bits per heavy atom. The van der Waals surface area contributed by atoms with Crippen molar-refractivity contribution in [2.45, 2.75) is 65.0 Å². The van der Waals surface area contributed by atoms with Crippen LogP contribution in [-0.4, -0.2) is 34.8 Å². The van der Waals surface area contributed by atoms with E-state index in [0.717, 1.165) is 43.2 Å². The van der Waals surface area contributed by atoms with E-state index >= 15 is 0 Å². The average molecular weight is 424 g/mol. The number of aliphatic hydroxyl groups excluding tert-OH is 1. The molecule has 1 atom stereocenters. The van der Waals surface area contributed by atoms with E-state index in [1.165, 1.54) is 0 Å². The zero-order valence-corrected chi connectivity index (χ0v) is 18.5. The van der Waals surface area contributed by atoms with Crippen molar-refractivity contribution in [3.63, 3.8) is 0 Å². The van der Waals surface area contributed by atoms with E-state index in [9.17, 15) is 14.7 Å². The number of methoxy groups -OCH3 is 1. The van der Waals surface area contributed by atoms with Crippen molar-refractivity contribution < 1.29 is 23.8 Å². The fourth-order valence-electron chi connectivity index (χ4n) is 4.88. The molecule has 2 heterocycles. The zero-order valence-electron chi connectivity index (χ0n) is 18.5. The first kappa shape index (κ1) is 21.2. The van der Waals surface area contributed by atoms with Crippen molar-refractivity contribution in [2.75, 3.05) is 7.11 Å². The third kappa shape index (κ3) is 3.64. The lowest BCUT2D eigenvalue weighted by Crippen LogP contribution is -2.40. The number of hydrogen-bond acceptors (Lipinski definition) is 5. The number of carbonyl (C=O) groups is 2. The predicted molar refractivity (Wildman–Crippen MR) is 117 cm³/mol. The number of aliphatic hydroxyl groups is 1. The van der Waals surface area contributed by atoms with Gasteiger partial charge in [-0.1, -0.05) is 19.3 Å². The normalized spacial score (nSPS) is 21.7. The summed E-state index contributed by atoms with van der Waals surface area (Å²) in [5.41, 5.74) is 2.21. The van der Waals surface area contributed by atoms with Gasteiger partial charge in [-0.25, -0.2) is 0 Å². The van der Waals surface area contributed by atoms with Gasteiger partial charge in [-0.15, -0.1) is 0 Å². The van der Waals surface area contributed by atoms with Crippen LogP contribution in [0.25, 0.3) is 5.76 Å². The number of hydrogen-bond donors (Lipinski definition) is 1.